The molecular weight excluding hydrogens is 326 g/mol. The van der Waals surface area contributed by atoms with Crippen LogP contribution in [0.15, 0.2) is 28.8 Å². The lowest BCUT2D eigenvalue weighted by Gasteiger charge is -2.22. The highest BCUT2D eigenvalue weighted by Gasteiger charge is 2.36. The van der Waals surface area contributed by atoms with Crippen molar-refractivity contribution in [3.05, 3.63) is 30.0 Å². The van der Waals surface area contributed by atoms with Gasteiger partial charge in [0.05, 0.1) is 14.2 Å². The van der Waals surface area contributed by atoms with Gasteiger partial charge in [0.1, 0.15) is 11.2 Å². The van der Waals surface area contributed by atoms with E-state index in [0.717, 1.165) is 0 Å². The van der Waals surface area contributed by atoms with Crippen molar-refractivity contribution in [2.75, 3.05) is 24.9 Å². The number of hydrogen-bond acceptors (Lipinski definition) is 6. The standard InChI is InChI=1S/C17H21N3O5/c1-10-8-14(20-25-10)19-16(22)17(2,3)15(21)18-11-6-7-12(23-4)13(9-11)24-5/h6-9H,1-5H3,(H,18,21)(H,19,20,22). The van der Waals surface area contributed by atoms with Gasteiger partial charge < -0.3 is 24.6 Å². The first-order valence-electron chi connectivity index (χ1n) is 7.56. The van der Waals surface area contributed by atoms with E-state index in [9.17, 15) is 9.59 Å². The molecule has 2 rings (SSSR count). The number of methoxy groups -OCH3 is 2. The summed E-state index contributed by atoms with van der Waals surface area (Å²) >= 11 is 0. The molecule has 0 aliphatic carbocycles. The highest BCUT2D eigenvalue weighted by Crippen LogP contribution is 2.30. The third-order valence-electron chi connectivity index (χ3n) is 3.65. The molecule has 1 aromatic carbocycles. The molecular formula is C17H21N3O5. The Morgan fingerprint density at radius 2 is 1.68 bits per heavy atom. The number of carbonyl (C=O) groups is 2. The van der Waals surface area contributed by atoms with E-state index in [1.165, 1.54) is 28.1 Å². The van der Waals surface area contributed by atoms with E-state index in [1.807, 2.05) is 0 Å². The highest BCUT2D eigenvalue weighted by molar-refractivity contribution is 6.13. The second-order valence-electron chi connectivity index (χ2n) is 5.93. The summed E-state index contributed by atoms with van der Waals surface area (Å²) in [5.74, 6) is 0.855. The topological polar surface area (TPSA) is 103 Å². The van der Waals surface area contributed by atoms with E-state index in [0.29, 0.717) is 22.9 Å². The number of aromatic nitrogens is 1. The lowest BCUT2D eigenvalue weighted by molar-refractivity contribution is -0.135. The lowest BCUT2D eigenvalue weighted by Crippen LogP contribution is -2.41. The summed E-state index contributed by atoms with van der Waals surface area (Å²) in [4.78, 5) is 24.9. The molecule has 8 nitrogen and oxygen atoms in total. The molecule has 2 N–H and O–H groups in total. The third-order valence-corrected chi connectivity index (χ3v) is 3.65. The zero-order valence-corrected chi connectivity index (χ0v) is 14.8. The molecule has 0 radical (unpaired) electrons. The van der Waals surface area contributed by atoms with Gasteiger partial charge >= 0.3 is 0 Å². The fourth-order valence-corrected chi connectivity index (χ4v) is 2.00. The molecule has 0 bridgehead atoms. The molecule has 1 aromatic heterocycles. The molecule has 2 amide bonds. The van der Waals surface area contributed by atoms with Gasteiger partial charge in [-0.2, -0.15) is 0 Å². The minimum absolute atomic E-state index is 0.259. The summed E-state index contributed by atoms with van der Waals surface area (Å²) in [5.41, 5.74) is -0.846. The largest absolute Gasteiger partial charge is 0.493 e. The van der Waals surface area contributed by atoms with E-state index >= 15 is 0 Å². The zero-order chi connectivity index (χ0) is 18.6. The van der Waals surface area contributed by atoms with Gasteiger partial charge in [-0.05, 0) is 32.9 Å². The molecule has 0 fully saturated rings. The fraction of sp³-hybridized carbons (Fsp3) is 0.353. The van der Waals surface area contributed by atoms with E-state index in [2.05, 4.69) is 15.8 Å². The Morgan fingerprint density at radius 3 is 2.24 bits per heavy atom. The number of nitrogens with zero attached hydrogens (tertiary/aromatic N) is 1. The Balaban J connectivity index is 2.11. The summed E-state index contributed by atoms with van der Waals surface area (Å²) in [6.07, 6.45) is 0. The normalized spacial score (nSPS) is 10.9. The highest BCUT2D eigenvalue weighted by atomic mass is 16.5. The van der Waals surface area contributed by atoms with Crippen LogP contribution in [0, 0.1) is 12.3 Å². The fourth-order valence-electron chi connectivity index (χ4n) is 2.00. The minimum atomic E-state index is -1.33. The molecule has 0 saturated carbocycles. The van der Waals surface area contributed by atoms with Crippen LogP contribution in [0.4, 0.5) is 11.5 Å². The number of ether oxygens (including phenoxy) is 2. The van der Waals surface area contributed by atoms with Gasteiger partial charge in [-0.3, -0.25) is 9.59 Å². The molecule has 25 heavy (non-hydrogen) atoms. The maximum Gasteiger partial charge on any atom is 0.240 e. The molecule has 8 heteroatoms. The van der Waals surface area contributed by atoms with Gasteiger partial charge in [-0.1, -0.05) is 5.16 Å². The van der Waals surface area contributed by atoms with E-state index in [4.69, 9.17) is 14.0 Å². The van der Waals surface area contributed by atoms with Crippen LogP contribution < -0.4 is 20.1 Å². The first kappa shape index (κ1) is 18.3. The number of aryl methyl sites for hydroxylation is 1. The second kappa shape index (κ2) is 7.25. The van der Waals surface area contributed by atoms with Gasteiger partial charge in [-0.15, -0.1) is 0 Å². The summed E-state index contributed by atoms with van der Waals surface area (Å²) in [7, 11) is 3.02. The van der Waals surface area contributed by atoms with Crippen molar-refractivity contribution in [1.29, 1.82) is 0 Å². The Morgan fingerprint density at radius 1 is 1.04 bits per heavy atom. The number of benzene rings is 1. The van der Waals surface area contributed by atoms with Crippen molar-refractivity contribution in [3.63, 3.8) is 0 Å². The summed E-state index contributed by atoms with van der Waals surface area (Å²) in [6.45, 7) is 4.74. The van der Waals surface area contributed by atoms with Crippen molar-refractivity contribution in [2.45, 2.75) is 20.8 Å². The van der Waals surface area contributed by atoms with Crippen LogP contribution in [0.5, 0.6) is 11.5 Å². The predicted molar refractivity (Wildman–Crippen MR) is 91.8 cm³/mol. The Labute approximate surface area is 145 Å². The molecule has 0 aliphatic heterocycles. The van der Waals surface area contributed by atoms with Crippen molar-refractivity contribution < 1.29 is 23.6 Å². The summed E-state index contributed by atoms with van der Waals surface area (Å²) < 4.78 is 15.2. The van der Waals surface area contributed by atoms with Crippen LogP contribution in [0.3, 0.4) is 0 Å². The van der Waals surface area contributed by atoms with Gasteiger partial charge in [0.2, 0.25) is 11.8 Å². The third kappa shape index (κ3) is 4.09. The van der Waals surface area contributed by atoms with E-state index in [1.54, 1.807) is 31.2 Å². The molecule has 0 aliphatic rings. The van der Waals surface area contributed by atoms with Gasteiger partial charge in [0.25, 0.3) is 0 Å². The molecule has 134 valence electrons. The summed E-state index contributed by atoms with van der Waals surface area (Å²) in [5, 5.41) is 8.95. The summed E-state index contributed by atoms with van der Waals surface area (Å²) in [6, 6.07) is 6.51. The first-order chi connectivity index (χ1) is 11.8. The number of hydrogen-bond donors (Lipinski definition) is 2. The average Bonchev–Trinajstić information content (AvgIpc) is 2.99. The minimum Gasteiger partial charge on any atom is -0.493 e. The number of amides is 2. The number of carbonyl (C=O) groups excluding carboxylic acids is 2. The van der Waals surface area contributed by atoms with Crippen LogP contribution >= 0.6 is 0 Å². The van der Waals surface area contributed by atoms with Crippen LogP contribution in [0.1, 0.15) is 19.6 Å². The molecule has 1 heterocycles. The molecule has 2 aromatic rings. The number of anilines is 2. The quantitative estimate of drug-likeness (QED) is 0.779. The van der Waals surface area contributed by atoms with Crippen LogP contribution in [-0.4, -0.2) is 31.2 Å². The van der Waals surface area contributed by atoms with Crippen molar-refractivity contribution in [2.24, 2.45) is 5.41 Å². The Kier molecular flexibility index (Phi) is 5.31. The van der Waals surface area contributed by atoms with Crippen molar-refractivity contribution in [1.82, 2.24) is 5.16 Å². The lowest BCUT2D eigenvalue weighted by atomic mass is 9.91. The monoisotopic (exact) mass is 347 g/mol. The smallest absolute Gasteiger partial charge is 0.240 e. The zero-order valence-electron chi connectivity index (χ0n) is 14.8. The van der Waals surface area contributed by atoms with Crippen LogP contribution in [0.2, 0.25) is 0 Å². The van der Waals surface area contributed by atoms with E-state index < -0.39 is 17.2 Å². The number of nitrogens with one attached hydrogen (secondary N) is 2. The Bertz CT molecular complexity index is 782. The van der Waals surface area contributed by atoms with Gasteiger partial charge in [0, 0.05) is 17.8 Å². The van der Waals surface area contributed by atoms with Crippen molar-refractivity contribution >= 4 is 23.3 Å². The van der Waals surface area contributed by atoms with Gasteiger partial charge in [-0.25, -0.2) is 0 Å². The van der Waals surface area contributed by atoms with Gasteiger partial charge in [0.15, 0.2) is 17.3 Å². The molecule has 0 spiro atoms. The van der Waals surface area contributed by atoms with Crippen molar-refractivity contribution in [3.8, 4) is 11.5 Å². The van der Waals surface area contributed by atoms with E-state index in [-0.39, 0.29) is 5.82 Å². The maximum absolute atomic E-state index is 12.5. The average molecular weight is 347 g/mol. The second-order valence-corrected chi connectivity index (χ2v) is 5.93. The Hall–Kier alpha value is -3.03. The van der Waals surface area contributed by atoms with Crippen LogP contribution in [-0.2, 0) is 9.59 Å². The molecule has 0 atom stereocenters. The molecule has 0 unspecified atom stereocenters. The predicted octanol–water partition coefficient (Wildman–Crippen LogP) is 2.60. The first-order valence-corrected chi connectivity index (χ1v) is 7.56. The SMILES string of the molecule is COc1ccc(NC(=O)C(C)(C)C(=O)Nc2cc(C)on2)cc1OC. The maximum atomic E-state index is 12.5. The van der Waals surface area contributed by atoms with Crippen LogP contribution in [0.25, 0.3) is 0 Å². The molecule has 0 saturated heterocycles. The number of rotatable bonds is 6.